The summed E-state index contributed by atoms with van der Waals surface area (Å²) in [7, 11) is 0. The fourth-order valence-corrected chi connectivity index (χ4v) is 0.976. The van der Waals surface area contributed by atoms with Crippen molar-refractivity contribution in [3.8, 4) is 11.8 Å². The normalized spacial score (nSPS) is 10.7. The summed E-state index contributed by atoms with van der Waals surface area (Å²) in [6, 6.07) is 2.89. The van der Waals surface area contributed by atoms with E-state index in [0.717, 1.165) is 18.2 Å². The van der Waals surface area contributed by atoms with Gasteiger partial charge in [-0.2, -0.15) is 13.2 Å². The van der Waals surface area contributed by atoms with Gasteiger partial charge in [-0.3, -0.25) is 0 Å². The average Bonchev–Trinajstić information content (AvgIpc) is 2.15. The van der Waals surface area contributed by atoms with Crippen molar-refractivity contribution in [2.75, 3.05) is 12.3 Å². The maximum absolute atomic E-state index is 12.3. The first-order valence-electron chi connectivity index (χ1n) is 4.01. The molecule has 0 spiro atoms. The van der Waals surface area contributed by atoms with Gasteiger partial charge in [0, 0.05) is 11.3 Å². The number of hydrogen-bond acceptors (Lipinski definition) is 2. The molecule has 1 rings (SSSR count). The molecule has 15 heavy (non-hydrogen) atoms. The zero-order valence-electron chi connectivity index (χ0n) is 7.60. The quantitative estimate of drug-likeness (QED) is 0.510. The van der Waals surface area contributed by atoms with Crippen molar-refractivity contribution in [3.05, 3.63) is 29.3 Å². The van der Waals surface area contributed by atoms with Crippen LogP contribution in [0.1, 0.15) is 11.1 Å². The van der Waals surface area contributed by atoms with Crippen LogP contribution < -0.4 is 5.73 Å². The van der Waals surface area contributed by atoms with E-state index < -0.39 is 18.3 Å². The van der Waals surface area contributed by atoms with E-state index in [2.05, 4.69) is 11.8 Å². The summed E-state index contributed by atoms with van der Waals surface area (Å²) < 4.78 is 36.9. The van der Waals surface area contributed by atoms with Gasteiger partial charge in [0.15, 0.2) is 0 Å². The fraction of sp³-hybridized carbons (Fsp3) is 0.200. The lowest BCUT2D eigenvalue weighted by atomic mass is 10.1. The van der Waals surface area contributed by atoms with Crippen molar-refractivity contribution in [2.45, 2.75) is 6.18 Å². The Balaban J connectivity index is 3.17. The Bertz CT molecular complexity index is 415. The highest BCUT2D eigenvalue weighted by molar-refractivity contribution is 5.57. The van der Waals surface area contributed by atoms with Crippen LogP contribution in [-0.4, -0.2) is 11.7 Å². The minimum atomic E-state index is -4.41. The zero-order chi connectivity index (χ0) is 11.5. The lowest BCUT2D eigenvalue weighted by Gasteiger charge is -2.07. The number of aliphatic hydroxyl groups excluding tert-OH is 1. The number of nitrogens with two attached hydrogens (primary N) is 1. The molecule has 0 aliphatic heterocycles. The Labute approximate surface area is 84.5 Å². The van der Waals surface area contributed by atoms with Crippen LogP contribution >= 0.6 is 0 Å². The number of hydrogen-bond donors (Lipinski definition) is 2. The van der Waals surface area contributed by atoms with Gasteiger partial charge in [-0.15, -0.1) is 0 Å². The molecule has 0 fully saturated rings. The largest absolute Gasteiger partial charge is 0.416 e. The van der Waals surface area contributed by atoms with Crippen molar-refractivity contribution in [1.82, 2.24) is 0 Å². The van der Waals surface area contributed by atoms with Gasteiger partial charge in [0.05, 0.1) is 5.56 Å². The lowest BCUT2D eigenvalue weighted by Crippen LogP contribution is -2.06. The third kappa shape index (κ3) is 2.89. The number of benzene rings is 1. The first kappa shape index (κ1) is 11.4. The predicted molar refractivity (Wildman–Crippen MR) is 49.8 cm³/mol. The molecule has 0 aliphatic carbocycles. The number of nitrogen functional groups attached to an aromatic ring is 1. The Hall–Kier alpha value is -1.67. The molecule has 0 bridgehead atoms. The molecule has 5 heteroatoms. The van der Waals surface area contributed by atoms with E-state index in [1.54, 1.807) is 0 Å². The van der Waals surface area contributed by atoms with Gasteiger partial charge in [-0.1, -0.05) is 11.8 Å². The summed E-state index contributed by atoms with van der Waals surface area (Å²) in [4.78, 5) is 0. The van der Waals surface area contributed by atoms with Crippen molar-refractivity contribution < 1.29 is 18.3 Å². The van der Waals surface area contributed by atoms with Crippen LogP contribution in [0.3, 0.4) is 0 Å². The first-order chi connectivity index (χ1) is 6.95. The van der Waals surface area contributed by atoms with E-state index in [1.165, 1.54) is 0 Å². The van der Waals surface area contributed by atoms with Crippen molar-refractivity contribution in [1.29, 1.82) is 0 Å². The van der Waals surface area contributed by atoms with E-state index in [0.29, 0.717) is 0 Å². The van der Waals surface area contributed by atoms with E-state index >= 15 is 0 Å². The molecular formula is C10H8F3NO. The van der Waals surface area contributed by atoms with Gasteiger partial charge in [-0.25, -0.2) is 0 Å². The molecule has 1 aromatic rings. The predicted octanol–water partition coefficient (Wildman–Crippen LogP) is 1.63. The fourth-order valence-electron chi connectivity index (χ4n) is 0.976. The van der Waals surface area contributed by atoms with Crippen LogP contribution in [0, 0.1) is 11.8 Å². The van der Waals surface area contributed by atoms with E-state index in [9.17, 15) is 13.2 Å². The molecule has 0 aromatic heterocycles. The molecule has 1 aromatic carbocycles. The third-order valence-electron chi connectivity index (χ3n) is 1.68. The summed E-state index contributed by atoms with van der Waals surface area (Å²) in [6.45, 7) is -0.421. The highest BCUT2D eigenvalue weighted by Crippen LogP contribution is 2.30. The average molecular weight is 215 g/mol. The van der Waals surface area contributed by atoms with Crippen molar-refractivity contribution in [3.63, 3.8) is 0 Å². The van der Waals surface area contributed by atoms with Gasteiger partial charge in [-0.05, 0) is 18.2 Å². The maximum atomic E-state index is 12.3. The van der Waals surface area contributed by atoms with Gasteiger partial charge < -0.3 is 10.8 Å². The minimum absolute atomic E-state index is 0.0684. The first-order valence-corrected chi connectivity index (χ1v) is 4.01. The standard InChI is InChI=1S/C10H8F3NO/c11-10(12,13)8-3-4-9(14)7(6-8)2-1-5-15/h3-4,6,15H,5,14H2. The molecule has 0 unspecified atom stereocenters. The highest BCUT2D eigenvalue weighted by Gasteiger charge is 2.30. The van der Waals surface area contributed by atoms with Crippen LogP contribution in [-0.2, 0) is 6.18 Å². The molecular weight excluding hydrogens is 207 g/mol. The van der Waals surface area contributed by atoms with E-state index in [1.807, 2.05) is 0 Å². The monoisotopic (exact) mass is 215 g/mol. The third-order valence-corrected chi connectivity index (χ3v) is 1.68. The zero-order valence-corrected chi connectivity index (χ0v) is 7.60. The summed E-state index contributed by atoms with van der Waals surface area (Å²) in [5.74, 6) is 4.59. The Kier molecular flexibility index (Phi) is 3.22. The minimum Gasteiger partial charge on any atom is -0.398 e. The molecule has 0 heterocycles. The Morgan fingerprint density at radius 1 is 1.33 bits per heavy atom. The topological polar surface area (TPSA) is 46.2 Å². The number of anilines is 1. The highest BCUT2D eigenvalue weighted by atomic mass is 19.4. The summed E-state index contributed by atoms with van der Waals surface area (Å²) in [5.41, 5.74) is 4.84. The summed E-state index contributed by atoms with van der Waals surface area (Å²) in [6.07, 6.45) is -4.41. The molecule has 0 atom stereocenters. The van der Waals surface area contributed by atoms with E-state index in [4.69, 9.17) is 10.8 Å². The van der Waals surface area contributed by atoms with E-state index in [-0.39, 0.29) is 11.3 Å². The van der Waals surface area contributed by atoms with Crippen LogP contribution in [0.4, 0.5) is 18.9 Å². The van der Waals surface area contributed by atoms with Crippen molar-refractivity contribution in [2.24, 2.45) is 0 Å². The van der Waals surface area contributed by atoms with Crippen LogP contribution in [0.15, 0.2) is 18.2 Å². The van der Waals surface area contributed by atoms with Gasteiger partial charge >= 0.3 is 6.18 Å². The second-order valence-electron chi connectivity index (χ2n) is 2.76. The van der Waals surface area contributed by atoms with Crippen LogP contribution in [0.5, 0.6) is 0 Å². The molecule has 3 N–H and O–H groups in total. The van der Waals surface area contributed by atoms with Gasteiger partial charge in [0.2, 0.25) is 0 Å². The van der Waals surface area contributed by atoms with Gasteiger partial charge in [0.1, 0.15) is 6.61 Å². The smallest absolute Gasteiger partial charge is 0.398 e. The maximum Gasteiger partial charge on any atom is 0.416 e. The number of halogens is 3. The Morgan fingerprint density at radius 2 is 2.00 bits per heavy atom. The second kappa shape index (κ2) is 4.24. The molecule has 0 aliphatic rings. The number of alkyl halides is 3. The molecule has 0 radical (unpaired) electrons. The lowest BCUT2D eigenvalue weighted by molar-refractivity contribution is -0.137. The molecule has 80 valence electrons. The van der Waals surface area contributed by atoms with Crippen LogP contribution in [0.2, 0.25) is 0 Å². The van der Waals surface area contributed by atoms with Crippen molar-refractivity contribution >= 4 is 5.69 Å². The molecule has 2 nitrogen and oxygen atoms in total. The second-order valence-corrected chi connectivity index (χ2v) is 2.76. The molecule has 0 amide bonds. The molecule has 0 saturated carbocycles. The number of aliphatic hydroxyl groups is 1. The van der Waals surface area contributed by atoms with Gasteiger partial charge in [0.25, 0.3) is 0 Å². The SMILES string of the molecule is Nc1ccc(C(F)(F)F)cc1C#CCO. The Morgan fingerprint density at radius 3 is 2.53 bits per heavy atom. The van der Waals surface area contributed by atoms with Crippen LogP contribution in [0.25, 0.3) is 0 Å². The number of rotatable bonds is 0. The summed E-state index contributed by atoms with van der Waals surface area (Å²) in [5, 5.41) is 8.41. The summed E-state index contributed by atoms with van der Waals surface area (Å²) >= 11 is 0. The molecule has 0 saturated heterocycles.